The smallest absolute Gasteiger partial charge is 0.278 e. The summed E-state index contributed by atoms with van der Waals surface area (Å²) in [5.41, 5.74) is 3.39. The van der Waals surface area contributed by atoms with Gasteiger partial charge in [-0.15, -0.1) is 0 Å². The van der Waals surface area contributed by atoms with Gasteiger partial charge < -0.3 is 0 Å². The number of thiazole rings is 1. The molecule has 3 aromatic heterocycles. The first-order valence-corrected chi connectivity index (χ1v) is 8.99. The normalized spacial score (nSPS) is 11.0. The lowest BCUT2D eigenvalue weighted by Gasteiger charge is -2.18. The Morgan fingerprint density at radius 1 is 1.27 bits per heavy atom. The van der Waals surface area contributed by atoms with Crippen molar-refractivity contribution in [2.75, 3.05) is 4.90 Å². The fourth-order valence-corrected chi connectivity index (χ4v) is 3.76. The summed E-state index contributed by atoms with van der Waals surface area (Å²) in [6, 6.07) is 11.6. The van der Waals surface area contributed by atoms with E-state index in [0.29, 0.717) is 17.4 Å². The quantitative estimate of drug-likeness (QED) is 0.556. The number of amides is 1. The predicted octanol–water partition coefficient (Wildman–Crippen LogP) is 3.58. The first-order valence-electron chi connectivity index (χ1n) is 8.18. The maximum absolute atomic E-state index is 13.1. The maximum atomic E-state index is 13.1. The zero-order chi connectivity index (χ0) is 18.1. The molecule has 0 saturated carbocycles. The van der Waals surface area contributed by atoms with E-state index in [1.165, 1.54) is 16.9 Å². The number of aromatic nitrogens is 4. The lowest BCUT2D eigenvalue weighted by atomic mass is 10.2. The number of carbonyl (C=O) groups excluding carboxylic acids is 1. The second-order valence-electron chi connectivity index (χ2n) is 6.09. The summed E-state index contributed by atoms with van der Waals surface area (Å²) >= 11 is 1.51. The molecule has 0 bridgehead atoms. The molecule has 0 aliphatic heterocycles. The third kappa shape index (κ3) is 3.21. The Balaban J connectivity index is 1.76. The summed E-state index contributed by atoms with van der Waals surface area (Å²) in [5, 5.41) is 4.91. The standard InChI is InChI=1S/C19H17N5OS/c1-13-5-6-15-17(10-13)26-19(21-15)24(12-14-4-3-8-20-11-14)18(25)16-7-9-23(2)22-16/h3-11H,12H2,1-2H3. The molecular formula is C19H17N5OS. The molecule has 0 saturated heterocycles. The Hall–Kier alpha value is -3.06. The Labute approximate surface area is 154 Å². The average Bonchev–Trinajstić information content (AvgIpc) is 3.25. The van der Waals surface area contributed by atoms with Gasteiger partial charge in [0, 0.05) is 25.6 Å². The topological polar surface area (TPSA) is 63.9 Å². The molecular weight excluding hydrogens is 346 g/mol. The third-order valence-corrected chi connectivity index (χ3v) is 5.05. The van der Waals surface area contributed by atoms with Crippen LogP contribution in [0.1, 0.15) is 21.6 Å². The fraction of sp³-hybridized carbons (Fsp3) is 0.158. The van der Waals surface area contributed by atoms with Crippen LogP contribution in [-0.4, -0.2) is 25.7 Å². The van der Waals surface area contributed by atoms with Crippen LogP contribution < -0.4 is 4.90 Å². The average molecular weight is 363 g/mol. The van der Waals surface area contributed by atoms with Crippen molar-refractivity contribution < 1.29 is 4.79 Å². The summed E-state index contributed by atoms with van der Waals surface area (Å²) < 4.78 is 2.68. The molecule has 3 heterocycles. The molecule has 7 heteroatoms. The van der Waals surface area contributed by atoms with E-state index in [4.69, 9.17) is 0 Å². The number of hydrogen-bond donors (Lipinski definition) is 0. The van der Waals surface area contributed by atoms with E-state index < -0.39 is 0 Å². The van der Waals surface area contributed by atoms with E-state index in [1.807, 2.05) is 31.2 Å². The van der Waals surface area contributed by atoms with Crippen molar-refractivity contribution in [3.63, 3.8) is 0 Å². The number of carbonyl (C=O) groups is 1. The number of aryl methyl sites for hydroxylation is 2. The van der Waals surface area contributed by atoms with Gasteiger partial charge in [0.1, 0.15) is 0 Å². The van der Waals surface area contributed by atoms with Crippen LogP contribution >= 0.6 is 11.3 Å². The number of nitrogens with zero attached hydrogens (tertiary/aromatic N) is 5. The molecule has 0 atom stereocenters. The molecule has 130 valence electrons. The van der Waals surface area contributed by atoms with Gasteiger partial charge in [-0.1, -0.05) is 23.5 Å². The molecule has 0 radical (unpaired) electrons. The number of pyridine rings is 1. The first-order chi connectivity index (χ1) is 12.6. The van der Waals surface area contributed by atoms with Crippen molar-refractivity contribution in [1.82, 2.24) is 19.7 Å². The summed E-state index contributed by atoms with van der Waals surface area (Å²) in [4.78, 5) is 23.6. The highest BCUT2D eigenvalue weighted by Gasteiger charge is 2.23. The molecule has 0 N–H and O–H groups in total. The minimum absolute atomic E-state index is 0.176. The highest BCUT2D eigenvalue weighted by atomic mass is 32.1. The van der Waals surface area contributed by atoms with Crippen molar-refractivity contribution in [2.45, 2.75) is 13.5 Å². The third-order valence-electron chi connectivity index (χ3n) is 4.00. The van der Waals surface area contributed by atoms with Crippen LogP contribution in [0, 0.1) is 6.92 Å². The lowest BCUT2D eigenvalue weighted by molar-refractivity contribution is 0.0979. The van der Waals surface area contributed by atoms with Gasteiger partial charge in [-0.25, -0.2) is 4.98 Å². The van der Waals surface area contributed by atoms with Gasteiger partial charge in [0.25, 0.3) is 5.91 Å². The Bertz CT molecular complexity index is 1070. The monoisotopic (exact) mass is 363 g/mol. The molecule has 0 spiro atoms. The van der Waals surface area contributed by atoms with Gasteiger partial charge in [-0.05, 0) is 42.3 Å². The molecule has 1 aromatic carbocycles. The molecule has 0 unspecified atom stereocenters. The van der Waals surface area contributed by atoms with Crippen LogP contribution in [0.25, 0.3) is 10.2 Å². The molecule has 1 amide bonds. The Kier molecular flexibility index (Phi) is 4.22. The van der Waals surface area contributed by atoms with Gasteiger partial charge in [-0.2, -0.15) is 5.10 Å². The molecule has 4 aromatic rings. The summed E-state index contributed by atoms with van der Waals surface area (Å²) in [5.74, 6) is -0.176. The van der Waals surface area contributed by atoms with Gasteiger partial charge in [0.2, 0.25) is 0 Å². The van der Waals surface area contributed by atoms with E-state index >= 15 is 0 Å². The van der Waals surface area contributed by atoms with Gasteiger partial charge in [0.05, 0.1) is 16.8 Å². The lowest BCUT2D eigenvalue weighted by Crippen LogP contribution is -2.30. The van der Waals surface area contributed by atoms with Crippen LogP contribution in [0.5, 0.6) is 0 Å². The minimum atomic E-state index is -0.176. The Morgan fingerprint density at radius 3 is 2.88 bits per heavy atom. The van der Waals surface area contributed by atoms with E-state index in [9.17, 15) is 4.79 Å². The predicted molar refractivity (Wildman–Crippen MR) is 102 cm³/mol. The van der Waals surface area contributed by atoms with E-state index in [1.54, 1.807) is 41.3 Å². The molecule has 4 rings (SSSR count). The fourth-order valence-electron chi connectivity index (χ4n) is 2.70. The van der Waals surface area contributed by atoms with E-state index in [0.717, 1.165) is 15.8 Å². The molecule has 26 heavy (non-hydrogen) atoms. The SMILES string of the molecule is Cc1ccc2nc(N(Cc3cccnc3)C(=O)c3ccn(C)n3)sc2c1. The zero-order valence-corrected chi connectivity index (χ0v) is 15.3. The molecule has 0 aliphatic carbocycles. The minimum Gasteiger partial charge on any atom is -0.278 e. The number of rotatable bonds is 4. The van der Waals surface area contributed by atoms with Crippen molar-refractivity contribution in [2.24, 2.45) is 7.05 Å². The summed E-state index contributed by atoms with van der Waals surface area (Å²) in [6.45, 7) is 2.44. The van der Waals surface area contributed by atoms with E-state index in [2.05, 4.69) is 21.1 Å². The Morgan fingerprint density at radius 2 is 2.15 bits per heavy atom. The molecule has 6 nitrogen and oxygen atoms in total. The van der Waals surface area contributed by atoms with Crippen LogP contribution in [0.2, 0.25) is 0 Å². The molecule has 0 aliphatic rings. The largest absolute Gasteiger partial charge is 0.280 e. The number of anilines is 1. The van der Waals surface area contributed by atoms with Crippen LogP contribution in [-0.2, 0) is 13.6 Å². The van der Waals surface area contributed by atoms with Crippen LogP contribution in [0.3, 0.4) is 0 Å². The second kappa shape index (κ2) is 6.68. The van der Waals surface area contributed by atoms with Gasteiger partial charge in [-0.3, -0.25) is 19.4 Å². The summed E-state index contributed by atoms with van der Waals surface area (Å²) in [6.07, 6.45) is 5.24. The zero-order valence-electron chi connectivity index (χ0n) is 14.5. The number of benzene rings is 1. The van der Waals surface area contributed by atoms with Gasteiger partial charge in [0.15, 0.2) is 10.8 Å². The van der Waals surface area contributed by atoms with Crippen molar-refractivity contribution in [3.8, 4) is 0 Å². The van der Waals surface area contributed by atoms with Crippen molar-refractivity contribution in [1.29, 1.82) is 0 Å². The van der Waals surface area contributed by atoms with Crippen molar-refractivity contribution >= 4 is 32.6 Å². The van der Waals surface area contributed by atoms with E-state index in [-0.39, 0.29) is 5.91 Å². The van der Waals surface area contributed by atoms with Crippen LogP contribution in [0.15, 0.2) is 55.0 Å². The summed E-state index contributed by atoms with van der Waals surface area (Å²) in [7, 11) is 1.79. The first kappa shape index (κ1) is 16.4. The molecule has 0 fully saturated rings. The van der Waals surface area contributed by atoms with Gasteiger partial charge >= 0.3 is 0 Å². The highest BCUT2D eigenvalue weighted by molar-refractivity contribution is 7.22. The number of fused-ring (bicyclic) bond motifs is 1. The van der Waals surface area contributed by atoms with Crippen LogP contribution in [0.4, 0.5) is 5.13 Å². The van der Waals surface area contributed by atoms with Crippen molar-refractivity contribution in [3.05, 3.63) is 71.8 Å². The second-order valence-corrected chi connectivity index (χ2v) is 7.10. The maximum Gasteiger partial charge on any atom is 0.280 e. The number of hydrogen-bond acceptors (Lipinski definition) is 5. The highest BCUT2D eigenvalue weighted by Crippen LogP contribution is 2.31.